The molecule has 2 N–H and O–H groups in total. The molecule has 3 rings (SSSR count). The zero-order valence-corrected chi connectivity index (χ0v) is 17.8. The average Bonchev–Trinajstić information content (AvgIpc) is 3.18. The second kappa shape index (κ2) is 9.57. The zero-order valence-electron chi connectivity index (χ0n) is 17.8. The Balaban J connectivity index is 1.62. The van der Waals surface area contributed by atoms with Crippen molar-refractivity contribution in [2.24, 2.45) is 5.92 Å². The van der Waals surface area contributed by atoms with E-state index < -0.39 is 0 Å². The van der Waals surface area contributed by atoms with Crippen molar-refractivity contribution >= 4 is 23.4 Å². The van der Waals surface area contributed by atoms with Gasteiger partial charge in [0.2, 0.25) is 11.8 Å². The third-order valence-corrected chi connectivity index (χ3v) is 5.78. The quantitative estimate of drug-likeness (QED) is 0.740. The first kappa shape index (κ1) is 21.6. The molecule has 0 spiro atoms. The number of nitrogens with one attached hydrogen (secondary N) is 2. The van der Waals surface area contributed by atoms with Gasteiger partial charge in [0.15, 0.2) is 0 Å². The highest BCUT2D eigenvalue weighted by Crippen LogP contribution is 2.33. The molecule has 1 aliphatic rings. The maximum Gasteiger partial charge on any atom is 0.251 e. The Morgan fingerprint density at radius 2 is 1.83 bits per heavy atom. The van der Waals surface area contributed by atoms with Crippen LogP contribution in [0.5, 0.6) is 0 Å². The fraction of sp³-hybridized carbons (Fsp3) is 0.375. The van der Waals surface area contributed by atoms with E-state index in [1.807, 2.05) is 30.3 Å². The van der Waals surface area contributed by atoms with Crippen LogP contribution >= 0.6 is 0 Å². The van der Waals surface area contributed by atoms with E-state index in [0.29, 0.717) is 24.6 Å². The van der Waals surface area contributed by atoms with E-state index >= 15 is 0 Å². The SMILES string of the molecule is CCC(C)c1ccccc1N1CC(C(=O)NCc2ccc(C(=O)NC)cc2)CC1=O. The van der Waals surface area contributed by atoms with Crippen molar-refractivity contribution in [1.29, 1.82) is 0 Å². The summed E-state index contributed by atoms with van der Waals surface area (Å²) in [4.78, 5) is 38.7. The van der Waals surface area contributed by atoms with Crippen LogP contribution in [-0.4, -0.2) is 31.3 Å². The van der Waals surface area contributed by atoms with Gasteiger partial charge in [-0.1, -0.05) is 44.2 Å². The summed E-state index contributed by atoms with van der Waals surface area (Å²) in [6.07, 6.45) is 1.21. The molecule has 2 aromatic carbocycles. The molecule has 1 fully saturated rings. The highest BCUT2D eigenvalue weighted by atomic mass is 16.2. The van der Waals surface area contributed by atoms with Crippen LogP contribution in [0.4, 0.5) is 5.69 Å². The molecule has 0 saturated carbocycles. The van der Waals surface area contributed by atoms with Crippen LogP contribution < -0.4 is 15.5 Å². The third-order valence-electron chi connectivity index (χ3n) is 5.78. The van der Waals surface area contributed by atoms with Gasteiger partial charge >= 0.3 is 0 Å². The van der Waals surface area contributed by atoms with Crippen LogP contribution in [0.2, 0.25) is 0 Å². The number of benzene rings is 2. The van der Waals surface area contributed by atoms with Crippen LogP contribution in [-0.2, 0) is 16.1 Å². The van der Waals surface area contributed by atoms with E-state index in [1.165, 1.54) is 0 Å². The molecule has 0 aliphatic carbocycles. The standard InChI is InChI=1S/C24H29N3O3/c1-4-16(2)20-7-5-6-8-21(20)27-15-19(13-22(27)28)24(30)26-14-17-9-11-18(12-10-17)23(29)25-3/h5-12,16,19H,4,13-15H2,1-3H3,(H,25,29)(H,26,30). The molecule has 30 heavy (non-hydrogen) atoms. The Labute approximate surface area is 177 Å². The van der Waals surface area contributed by atoms with Gasteiger partial charge in [0.05, 0.1) is 5.92 Å². The smallest absolute Gasteiger partial charge is 0.251 e. The Morgan fingerprint density at radius 3 is 2.50 bits per heavy atom. The molecule has 0 bridgehead atoms. The maximum absolute atomic E-state index is 12.7. The first-order valence-electron chi connectivity index (χ1n) is 10.4. The maximum atomic E-state index is 12.7. The van der Waals surface area contributed by atoms with Gasteiger partial charge < -0.3 is 15.5 Å². The Morgan fingerprint density at radius 1 is 1.13 bits per heavy atom. The van der Waals surface area contributed by atoms with Gasteiger partial charge in [0, 0.05) is 37.8 Å². The molecule has 1 aliphatic heterocycles. The van der Waals surface area contributed by atoms with E-state index in [2.05, 4.69) is 30.5 Å². The Hall–Kier alpha value is -3.15. The average molecular weight is 408 g/mol. The van der Waals surface area contributed by atoms with E-state index in [9.17, 15) is 14.4 Å². The lowest BCUT2D eigenvalue weighted by Crippen LogP contribution is -2.33. The van der Waals surface area contributed by atoms with E-state index in [4.69, 9.17) is 0 Å². The summed E-state index contributed by atoms with van der Waals surface area (Å²) >= 11 is 0. The van der Waals surface area contributed by atoms with Gasteiger partial charge in [-0.05, 0) is 41.7 Å². The van der Waals surface area contributed by atoms with Gasteiger partial charge in [-0.25, -0.2) is 0 Å². The highest BCUT2D eigenvalue weighted by molar-refractivity contribution is 6.01. The van der Waals surface area contributed by atoms with Crippen LogP contribution in [0.25, 0.3) is 0 Å². The van der Waals surface area contributed by atoms with E-state index in [0.717, 1.165) is 23.2 Å². The summed E-state index contributed by atoms with van der Waals surface area (Å²) < 4.78 is 0. The van der Waals surface area contributed by atoms with Crippen molar-refractivity contribution in [3.05, 3.63) is 65.2 Å². The number of para-hydroxylation sites is 1. The Kier molecular flexibility index (Phi) is 6.87. The number of hydrogen-bond donors (Lipinski definition) is 2. The summed E-state index contributed by atoms with van der Waals surface area (Å²) in [5.41, 5.74) is 3.53. The van der Waals surface area contributed by atoms with Gasteiger partial charge in [-0.2, -0.15) is 0 Å². The summed E-state index contributed by atoms with van der Waals surface area (Å²) in [6.45, 7) is 5.04. The van der Waals surface area contributed by atoms with E-state index in [1.54, 1.807) is 24.1 Å². The largest absolute Gasteiger partial charge is 0.355 e. The normalized spacial score (nSPS) is 17.0. The lowest BCUT2D eigenvalue weighted by atomic mass is 9.96. The highest BCUT2D eigenvalue weighted by Gasteiger charge is 2.36. The van der Waals surface area contributed by atoms with Gasteiger partial charge in [-0.15, -0.1) is 0 Å². The molecule has 2 unspecified atom stereocenters. The monoisotopic (exact) mass is 407 g/mol. The molecule has 158 valence electrons. The fourth-order valence-corrected chi connectivity index (χ4v) is 3.74. The van der Waals surface area contributed by atoms with Gasteiger partial charge in [-0.3, -0.25) is 14.4 Å². The van der Waals surface area contributed by atoms with Crippen LogP contribution in [0.15, 0.2) is 48.5 Å². The first-order chi connectivity index (χ1) is 14.4. The van der Waals surface area contributed by atoms with Crippen molar-refractivity contribution < 1.29 is 14.4 Å². The summed E-state index contributed by atoms with van der Waals surface area (Å²) in [6, 6.07) is 15.1. The third kappa shape index (κ3) is 4.70. The minimum absolute atomic E-state index is 0.0131. The first-order valence-corrected chi connectivity index (χ1v) is 10.4. The molecule has 0 radical (unpaired) electrons. The molecule has 1 heterocycles. The summed E-state index contributed by atoms with van der Waals surface area (Å²) in [7, 11) is 1.59. The molecule has 2 atom stereocenters. The van der Waals surface area contributed by atoms with Crippen LogP contribution in [0, 0.1) is 5.92 Å². The molecule has 1 saturated heterocycles. The number of nitrogens with zero attached hydrogens (tertiary/aromatic N) is 1. The van der Waals surface area contributed by atoms with Crippen molar-refractivity contribution in [2.75, 3.05) is 18.5 Å². The van der Waals surface area contributed by atoms with Crippen molar-refractivity contribution in [3.8, 4) is 0 Å². The van der Waals surface area contributed by atoms with Gasteiger partial charge in [0.25, 0.3) is 5.91 Å². The topological polar surface area (TPSA) is 78.5 Å². The summed E-state index contributed by atoms with van der Waals surface area (Å²) in [5, 5.41) is 5.51. The minimum atomic E-state index is -0.368. The number of hydrogen-bond acceptors (Lipinski definition) is 3. The lowest BCUT2D eigenvalue weighted by Gasteiger charge is -2.23. The second-order valence-electron chi connectivity index (χ2n) is 7.77. The van der Waals surface area contributed by atoms with Crippen molar-refractivity contribution in [2.45, 2.75) is 39.2 Å². The molecular weight excluding hydrogens is 378 g/mol. The fourth-order valence-electron chi connectivity index (χ4n) is 3.74. The molecule has 3 amide bonds. The van der Waals surface area contributed by atoms with Crippen molar-refractivity contribution in [1.82, 2.24) is 10.6 Å². The van der Waals surface area contributed by atoms with E-state index in [-0.39, 0.29) is 30.1 Å². The number of amides is 3. The van der Waals surface area contributed by atoms with Crippen LogP contribution in [0.1, 0.15) is 54.1 Å². The number of carbonyl (C=O) groups is 3. The molecule has 6 nitrogen and oxygen atoms in total. The molecule has 0 aromatic heterocycles. The predicted octanol–water partition coefficient (Wildman–Crippen LogP) is 3.23. The molecule has 6 heteroatoms. The number of anilines is 1. The molecule has 2 aromatic rings. The lowest BCUT2D eigenvalue weighted by molar-refractivity contribution is -0.126. The molecular formula is C24H29N3O3. The Bertz CT molecular complexity index is 924. The summed E-state index contributed by atoms with van der Waals surface area (Å²) in [5.74, 6) is -0.303. The van der Waals surface area contributed by atoms with Crippen LogP contribution in [0.3, 0.4) is 0 Å². The van der Waals surface area contributed by atoms with Crippen molar-refractivity contribution in [3.63, 3.8) is 0 Å². The number of carbonyl (C=O) groups excluding carboxylic acids is 3. The second-order valence-corrected chi connectivity index (χ2v) is 7.77. The number of rotatable bonds is 7. The predicted molar refractivity (Wildman–Crippen MR) is 117 cm³/mol. The zero-order chi connectivity index (χ0) is 21.7. The minimum Gasteiger partial charge on any atom is -0.355 e. The van der Waals surface area contributed by atoms with Gasteiger partial charge in [0.1, 0.15) is 0 Å².